The van der Waals surface area contributed by atoms with Crippen LogP contribution in [-0.2, 0) is 19.4 Å². The molecule has 4 nitrogen and oxygen atoms in total. The largest absolute Gasteiger partial charge is 0.490 e. The number of hydrogen-bond donors (Lipinski definition) is 0. The van der Waals surface area contributed by atoms with Gasteiger partial charge in [-0.1, -0.05) is 57.2 Å². The van der Waals surface area contributed by atoms with E-state index in [1.807, 2.05) is 43.5 Å². The maximum absolute atomic E-state index is 9.89. The van der Waals surface area contributed by atoms with Gasteiger partial charge in [-0.3, -0.25) is 0 Å². The van der Waals surface area contributed by atoms with Gasteiger partial charge in [-0.2, -0.15) is 5.26 Å². The summed E-state index contributed by atoms with van der Waals surface area (Å²) in [5, 5.41) is 13.1. The van der Waals surface area contributed by atoms with Gasteiger partial charge in [0.25, 0.3) is 0 Å². The van der Waals surface area contributed by atoms with Crippen LogP contribution in [0.3, 0.4) is 0 Å². The zero-order chi connectivity index (χ0) is 26.7. The quantitative estimate of drug-likeness (QED) is 0.228. The van der Waals surface area contributed by atoms with E-state index in [1.54, 1.807) is 11.3 Å². The molecular weight excluding hydrogens is 488 g/mol. The number of nitriles is 1. The number of aliphatic imine (C=N–C) groups is 1. The molecule has 0 saturated heterocycles. The number of benzene rings is 3. The molecule has 0 amide bonds. The van der Waals surface area contributed by atoms with Crippen LogP contribution in [0.2, 0.25) is 0 Å². The van der Waals surface area contributed by atoms with Gasteiger partial charge in [0.1, 0.15) is 17.7 Å². The maximum atomic E-state index is 9.89. The Bertz CT molecular complexity index is 1520. The summed E-state index contributed by atoms with van der Waals surface area (Å²) in [6, 6.07) is 23.0. The second-order valence-corrected chi connectivity index (χ2v) is 12.1. The van der Waals surface area contributed by atoms with Crippen LogP contribution < -0.4 is 9.47 Å². The van der Waals surface area contributed by atoms with E-state index in [4.69, 9.17) is 14.5 Å². The summed E-state index contributed by atoms with van der Waals surface area (Å²) in [7, 11) is 0. The third kappa shape index (κ3) is 5.61. The fourth-order valence-electron chi connectivity index (χ4n) is 5.13. The smallest absolute Gasteiger partial charge is 0.161 e. The van der Waals surface area contributed by atoms with E-state index >= 15 is 0 Å². The molecule has 0 saturated carbocycles. The van der Waals surface area contributed by atoms with Crippen LogP contribution in [0.5, 0.6) is 11.5 Å². The normalized spacial score (nSPS) is 15.4. The first-order valence-corrected chi connectivity index (χ1v) is 14.1. The molecule has 38 heavy (non-hydrogen) atoms. The Morgan fingerprint density at radius 2 is 1.84 bits per heavy atom. The average Bonchev–Trinajstić information content (AvgIpc) is 3.27. The van der Waals surface area contributed by atoms with E-state index in [2.05, 4.69) is 57.2 Å². The van der Waals surface area contributed by atoms with Gasteiger partial charge in [-0.25, -0.2) is 4.99 Å². The topological polar surface area (TPSA) is 54.6 Å². The van der Waals surface area contributed by atoms with Crippen LogP contribution >= 0.6 is 11.3 Å². The zero-order valence-electron chi connectivity index (χ0n) is 22.6. The van der Waals surface area contributed by atoms with Crippen molar-refractivity contribution < 1.29 is 9.47 Å². The highest BCUT2D eigenvalue weighted by molar-refractivity contribution is 7.16. The molecule has 0 unspecified atom stereocenters. The van der Waals surface area contributed by atoms with E-state index in [0.29, 0.717) is 30.6 Å². The molecule has 5 heteroatoms. The van der Waals surface area contributed by atoms with Crippen molar-refractivity contribution in [3.8, 4) is 17.6 Å². The number of nitrogens with zero attached hydrogens (tertiary/aromatic N) is 2. The number of thiophene rings is 1. The van der Waals surface area contributed by atoms with Gasteiger partial charge in [-0.15, -0.1) is 11.3 Å². The highest BCUT2D eigenvalue weighted by Gasteiger charge is 2.32. The van der Waals surface area contributed by atoms with E-state index in [-0.39, 0.29) is 5.41 Å². The molecule has 0 fully saturated rings. The predicted molar refractivity (Wildman–Crippen MR) is 157 cm³/mol. The van der Waals surface area contributed by atoms with Gasteiger partial charge < -0.3 is 9.47 Å². The molecular formula is C33H34N2O2S. The molecule has 194 valence electrons. The number of hydrogen-bond acceptors (Lipinski definition) is 5. The Morgan fingerprint density at radius 3 is 2.61 bits per heavy atom. The van der Waals surface area contributed by atoms with E-state index in [1.165, 1.54) is 21.2 Å². The minimum atomic E-state index is 0.270. The molecule has 0 spiro atoms. The summed E-state index contributed by atoms with van der Waals surface area (Å²) in [6.07, 6.45) is 4.95. The number of ether oxygens (including phenoxy) is 2. The van der Waals surface area contributed by atoms with Crippen molar-refractivity contribution in [1.29, 1.82) is 5.26 Å². The molecule has 1 aromatic heterocycles. The molecule has 1 aliphatic carbocycles. The van der Waals surface area contributed by atoms with Gasteiger partial charge in [-0.05, 0) is 89.2 Å². The lowest BCUT2D eigenvalue weighted by Crippen LogP contribution is -2.26. The summed E-state index contributed by atoms with van der Waals surface area (Å²) >= 11 is 1.67. The monoisotopic (exact) mass is 522 g/mol. The van der Waals surface area contributed by atoms with Crippen LogP contribution in [0.15, 0.2) is 65.7 Å². The first-order chi connectivity index (χ1) is 18.4. The highest BCUT2D eigenvalue weighted by Crippen LogP contribution is 2.45. The van der Waals surface area contributed by atoms with Crippen molar-refractivity contribution >= 4 is 33.3 Å². The SMILES string of the molecule is CCOc1cc(C=Nc2sc3c(c2C#N)CC[C@H](C(C)(C)C)C3)ccc1OCc1ccc2ccccc2c1. The average molecular weight is 523 g/mol. The summed E-state index contributed by atoms with van der Waals surface area (Å²) in [6.45, 7) is 9.90. The van der Waals surface area contributed by atoms with Gasteiger partial charge >= 0.3 is 0 Å². The van der Waals surface area contributed by atoms with Crippen molar-refractivity contribution in [2.45, 2.75) is 53.6 Å². The molecule has 1 atom stereocenters. The lowest BCUT2D eigenvalue weighted by Gasteiger charge is -2.33. The number of rotatable bonds is 7. The lowest BCUT2D eigenvalue weighted by molar-refractivity contribution is 0.218. The Morgan fingerprint density at radius 1 is 1.03 bits per heavy atom. The van der Waals surface area contributed by atoms with Gasteiger partial charge in [0, 0.05) is 11.1 Å². The summed E-state index contributed by atoms with van der Waals surface area (Å²) in [5.41, 5.74) is 4.24. The maximum Gasteiger partial charge on any atom is 0.161 e. The molecule has 4 aromatic rings. The van der Waals surface area contributed by atoms with Gasteiger partial charge in [0.15, 0.2) is 11.5 Å². The van der Waals surface area contributed by atoms with E-state index in [0.717, 1.165) is 41.0 Å². The second kappa shape index (κ2) is 11.0. The first kappa shape index (κ1) is 26.0. The van der Waals surface area contributed by atoms with Crippen molar-refractivity contribution in [2.24, 2.45) is 16.3 Å². The second-order valence-electron chi connectivity index (χ2n) is 11.0. The fourth-order valence-corrected chi connectivity index (χ4v) is 6.35. The van der Waals surface area contributed by atoms with Crippen LogP contribution in [0.1, 0.15) is 61.2 Å². The summed E-state index contributed by atoms with van der Waals surface area (Å²) in [4.78, 5) is 6.09. The minimum absolute atomic E-state index is 0.270. The van der Waals surface area contributed by atoms with Crippen molar-refractivity contribution in [3.05, 3.63) is 87.8 Å². The lowest BCUT2D eigenvalue weighted by atomic mass is 9.72. The Kier molecular flexibility index (Phi) is 7.53. The van der Waals surface area contributed by atoms with Crippen molar-refractivity contribution in [3.63, 3.8) is 0 Å². The Hall–Kier alpha value is -3.62. The van der Waals surface area contributed by atoms with Crippen molar-refractivity contribution in [1.82, 2.24) is 0 Å². The van der Waals surface area contributed by atoms with Crippen molar-refractivity contribution in [2.75, 3.05) is 6.61 Å². The van der Waals surface area contributed by atoms with Crippen LogP contribution in [0, 0.1) is 22.7 Å². The van der Waals surface area contributed by atoms with Gasteiger partial charge in [0.05, 0.1) is 12.2 Å². The molecule has 1 aliphatic rings. The fraction of sp³-hybridized carbons (Fsp3) is 0.333. The molecule has 0 N–H and O–H groups in total. The third-order valence-electron chi connectivity index (χ3n) is 7.39. The molecule has 0 radical (unpaired) electrons. The zero-order valence-corrected chi connectivity index (χ0v) is 23.4. The van der Waals surface area contributed by atoms with Crippen LogP contribution in [-0.4, -0.2) is 12.8 Å². The summed E-state index contributed by atoms with van der Waals surface area (Å²) < 4.78 is 12.1. The summed E-state index contributed by atoms with van der Waals surface area (Å²) in [5.74, 6) is 2.03. The van der Waals surface area contributed by atoms with Gasteiger partial charge in [0.2, 0.25) is 0 Å². The van der Waals surface area contributed by atoms with E-state index in [9.17, 15) is 5.26 Å². The van der Waals surface area contributed by atoms with Crippen LogP contribution in [0.4, 0.5) is 5.00 Å². The molecule has 3 aromatic carbocycles. The number of fused-ring (bicyclic) bond motifs is 2. The first-order valence-electron chi connectivity index (χ1n) is 13.3. The van der Waals surface area contributed by atoms with E-state index < -0.39 is 0 Å². The molecule has 1 heterocycles. The predicted octanol–water partition coefficient (Wildman–Crippen LogP) is 8.65. The Labute approximate surface area is 229 Å². The highest BCUT2D eigenvalue weighted by atomic mass is 32.1. The Balaban J connectivity index is 1.34. The third-order valence-corrected chi connectivity index (χ3v) is 8.55. The molecule has 0 aliphatic heterocycles. The molecule has 0 bridgehead atoms. The molecule has 5 rings (SSSR count). The van der Waals surface area contributed by atoms with Crippen LogP contribution in [0.25, 0.3) is 10.8 Å². The minimum Gasteiger partial charge on any atom is -0.490 e. The standard InChI is InChI=1S/C33H34N2O2S/c1-5-36-30-17-22(11-15-29(30)37-21-23-10-12-24-8-6-7-9-25(24)16-23)20-35-32-28(19-34)27-14-13-26(33(2,3)4)18-31(27)38-32/h6-12,15-17,20,26H,5,13-14,18,21H2,1-4H3/t26-/m0/s1.